The number of aromatic nitrogens is 1. The van der Waals surface area contributed by atoms with Crippen LogP contribution in [-0.4, -0.2) is 18.6 Å². The Hall–Kier alpha value is -0.840. The molecule has 0 bridgehead atoms. The normalized spacial score (nSPS) is 10.8. The van der Waals surface area contributed by atoms with E-state index in [4.69, 9.17) is 16.0 Å². The summed E-state index contributed by atoms with van der Waals surface area (Å²) in [6.45, 7) is 0.859. The van der Waals surface area contributed by atoms with Gasteiger partial charge in [0.05, 0.1) is 16.1 Å². The third-order valence-electron chi connectivity index (χ3n) is 1.98. The molecule has 0 atom stereocenters. The van der Waals surface area contributed by atoms with Crippen molar-refractivity contribution in [3.05, 3.63) is 28.6 Å². The van der Waals surface area contributed by atoms with E-state index in [1.165, 1.54) is 0 Å². The average molecular weight is 243 g/mol. The number of rotatable bonds is 4. The van der Waals surface area contributed by atoms with Gasteiger partial charge in [0.25, 0.3) is 0 Å². The molecule has 0 saturated carbocycles. The van der Waals surface area contributed by atoms with E-state index in [1.807, 2.05) is 18.5 Å². The van der Waals surface area contributed by atoms with Crippen molar-refractivity contribution in [3.63, 3.8) is 0 Å². The van der Waals surface area contributed by atoms with Gasteiger partial charge in [-0.15, -0.1) is 11.3 Å². The Balaban J connectivity index is 2.17. The molecule has 2 aromatic rings. The Morgan fingerprint density at radius 3 is 3.13 bits per heavy atom. The van der Waals surface area contributed by atoms with E-state index in [-0.39, 0.29) is 0 Å². The molecule has 0 spiro atoms. The van der Waals surface area contributed by atoms with Crippen molar-refractivity contribution in [2.75, 3.05) is 13.6 Å². The summed E-state index contributed by atoms with van der Waals surface area (Å²) in [5.74, 6) is 1.49. The maximum atomic E-state index is 6.00. The number of likely N-dealkylation sites (N-methyl/N-ethyl adjacent to an activating group) is 1. The summed E-state index contributed by atoms with van der Waals surface area (Å²) in [5.41, 5.74) is 0. The molecular weight excluding hydrogens is 232 g/mol. The van der Waals surface area contributed by atoms with Gasteiger partial charge in [-0.1, -0.05) is 11.6 Å². The van der Waals surface area contributed by atoms with Crippen LogP contribution < -0.4 is 5.32 Å². The van der Waals surface area contributed by atoms with E-state index < -0.39 is 0 Å². The summed E-state index contributed by atoms with van der Waals surface area (Å²) in [7, 11) is 1.90. The van der Waals surface area contributed by atoms with Gasteiger partial charge in [-0.2, -0.15) is 0 Å². The number of nitrogens with one attached hydrogen (secondary N) is 1. The third-order valence-corrected chi connectivity index (χ3v) is 3.34. The van der Waals surface area contributed by atoms with Crippen LogP contribution in [0.25, 0.3) is 10.6 Å². The first kappa shape index (κ1) is 10.7. The smallest absolute Gasteiger partial charge is 0.196 e. The second-order valence-corrected chi connectivity index (χ2v) is 4.39. The summed E-state index contributed by atoms with van der Waals surface area (Å²) >= 11 is 7.56. The van der Waals surface area contributed by atoms with Crippen LogP contribution in [0.5, 0.6) is 0 Å². The first-order valence-corrected chi connectivity index (χ1v) is 5.89. The third kappa shape index (κ3) is 2.40. The number of thiophene rings is 1. The molecule has 0 amide bonds. The van der Waals surface area contributed by atoms with E-state index in [0.717, 1.165) is 34.5 Å². The van der Waals surface area contributed by atoms with Gasteiger partial charge in [-0.05, 0) is 18.5 Å². The summed E-state index contributed by atoms with van der Waals surface area (Å²) in [6, 6.07) is 1.86. The molecule has 2 rings (SSSR count). The lowest BCUT2D eigenvalue weighted by atomic mass is 10.4. The van der Waals surface area contributed by atoms with Gasteiger partial charge in [0.2, 0.25) is 0 Å². The van der Waals surface area contributed by atoms with Gasteiger partial charge < -0.3 is 9.73 Å². The van der Waals surface area contributed by atoms with Crippen LogP contribution in [0, 0.1) is 0 Å². The van der Waals surface area contributed by atoms with Crippen LogP contribution in [0.3, 0.4) is 0 Å². The van der Waals surface area contributed by atoms with E-state index in [2.05, 4.69) is 10.3 Å². The number of hydrogen-bond acceptors (Lipinski definition) is 4. The van der Waals surface area contributed by atoms with Crippen LogP contribution in [0.15, 0.2) is 22.1 Å². The van der Waals surface area contributed by atoms with Crippen molar-refractivity contribution in [2.45, 2.75) is 6.42 Å². The summed E-state index contributed by atoms with van der Waals surface area (Å²) in [6.07, 6.45) is 2.52. The quantitative estimate of drug-likeness (QED) is 0.896. The fourth-order valence-corrected chi connectivity index (χ4v) is 2.33. The number of nitrogens with zero attached hydrogens (tertiary/aromatic N) is 1. The fourth-order valence-electron chi connectivity index (χ4n) is 1.23. The molecule has 0 aliphatic carbocycles. The second-order valence-electron chi connectivity index (χ2n) is 3.07. The fraction of sp³-hybridized carbons (Fsp3) is 0.300. The van der Waals surface area contributed by atoms with Crippen LogP contribution in [-0.2, 0) is 6.42 Å². The highest BCUT2D eigenvalue weighted by molar-refractivity contribution is 7.14. The lowest BCUT2D eigenvalue weighted by molar-refractivity contribution is 0.501. The number of hydrogen-bond donors (Lipinski definition) is 1. The van der Waals surface area contributed by atoms with Gasteiger partial charge in [0, 0.05) is 13.0 Å². The van der Waals surface area contributed by atoms with E-state index >= 15 is 0 Å². The molecule has 1 N–H and O–H groups in total. The van der Waals surface area contributed by atoms with Crippen molar-refractivity contribution in [1.29, 1.82) is 0 Å². The van der Waals surface area contributed by atoms with Crippen molar-refractivity contribution in [3.8, 4) is 10.6 Å². The van der Waals surface area contributed by atoms with Crippen molar-refractivity contribution in [1.82, 2.24) is 10.3 Å². The Kier molecular flexibility index (Phi) is 3.41. The molecule has 15 heavy (non-hydrogen) atoms. The summed E-state index contributed by atoms with van der Waals surface area (Å²) in [5, 5.41) is 5.70. The zero-order valence-corrected chi connectivity index (χ0v) is 9.86. The zero-order valence-electron chi connectivity index (χ0n) is 8.29. The summed E-state index contributed by atoms with van der Waals surface area (Å²) in [4.78, 5) is 5.14. The number of oxazole rings is 1. The number of halogens is 1. The molecule has 0 aliphatic rings. The van der Waals surface area contributed by atoms with E-state index in [1.54, 1.807) is 17.5 Å². The molecule has 0 radical (unpaired) electrons. The molecule has 0 aliphatic heterocycles. The molecular formula is C10H11ClN2OS. The molecule has 0 saturated heterocycles. The van der Waals surface area contributed by atoms with E-state index in [9.17, 15) is 0 Å². The highest BCUT2D eigenvalue weighted by Gasteiger charge is 2.10. The minimum absolute atomic E-state index is 0.719. The molecule has 5 heteroatoms. The monoisotopic (exact) mass is 242 g/mol. The predicted molar refractivity (Wildman–Crippen MR) is 62.5 cm³/mol. The Bertz CT molecular complexity index is 438. The van der Waals surface area contributed by atoms with Gasteiger partial charge in [0.1, 0.15) is 0 Å². The largest absolute Gasteiger partial charge is 0.440 e. The SMILES string of the molecule is CNCCc1ncc(-c2sccc2Cl)o1. The molecule has 0 fully saturated rings. The Morgan fingerprint density at radius 1 is 1.60 bits per heavy atom. The Labute approximate surface area is 97.1 Å². The van der Waals surface area contributed by atoms with Crippen molar-refractivity contribution in [2.24, 2.45) is 0 Å². The van der Waals surface area contributed by atoms with Crippen molar-refractivity contribution < 1.29 is 4.42 Å². The van der Waals surface area contributed by atoms with Crippen molar-refractivity contribution >= 4 is 22.9 Å². The second kappa shape index (κ2) is 4.79. The highest BCUT2D eigenvalue weighted by atomic mass is 35.5. The summed E-state index contributed by atoms with van der Waals surface area (Å²) < 4.78 is 5.59. The lowest BCUT2D eigenvalue weighted by Gasteiger charge is -1.94. The van der Waals surface area contributed by atoms with Gasteiger partial charge in [0.15, 0.2) is 11.7 Å². The minimum atomic E-state index is 0.719. The topological polar surface area (TPSA) is 38.1 Å². The molecule has 80 valence electrons. The van der Waals surface area contributed by atoms with Crippen LogP contribution in [0.4, 0.5) is 0 Å². The molecule has 3 nitrogen and oxygen atoms in total. The molecule has 0 aromatic carbocycles. The first-order chi connectivity index (χ1) is 7.31. The predicted octanol–water partition coefficient (Wildman–Crippen LogP) is 2.82. The molecule has 2 aromatic heterocycles. The standard InChI is InChI=1S/C10H11ClN2OS/c1-12-4-2-9-13-6-8(14-9)10-7(11)3-5-15-10/h3,5-6,12H,2,4H2,1H3. The minimum Gasteiger partial charge on any atom is -0.440 e. The van der Waals surface area contributed by atoms with E-state index in [0.29, 0.717) is 0 Å². The van der Waals surface area contributed by atoms with Crippen LogP contribution >= 0.6 is 22.9 Å². The highest BCUT2D eigenvalue weighted by Crippen LogP contribution is 2.33. The first-order valence-electron chi connectivity index (χ1n) is 4.64. The maximum Gasteiger partial charge on any atom is 0.196 e. The van der Waals surface area contributed by atoms with Crippen LogP contribution in [0.2, 0.25) is 5.02 Å². The van der Waals surface area contributed by atoms with Gasteiger partial charge in [-0.25, -0.2) is 4.98 Å². The molecule has 0 unspecified atom stereocenters. The Morgan fingerprint density at radius 2 is 2.47 bits per heavy atom. The zero-order chi connectivity index (χ0) is 10.7. The maximum absolute atomic E-state index is 6.00. The van der Waals surface area contributed by atoms with Crippen LogP contribution in [0.1, 0.15) is 5.89 Å². The van der Waals surface area contributed by atoms with Gasteiger partial charge in [-0.3, -0.25) is 0 Å². The lowest BCUT2D eigenvalue weighted by Crippen LogP contribution is -2.10. The molecule has 2 heterocycles. The van der Waals surface area contributed by atoms with Gasteiger partial charge >= 0.3 is 0 Å². The average Bonchev–Trinajstić information content (AvgIpc) is 2.83.